The summed E-state index contributed by atoms with van der Waals surface area (Å²) in [5.41, 5.74) is 11.5. The second-order valence-corrected chi connectivity index (χ2v) is 5.89. The van der Waals surface area contributed by atoms with Gasteiger partial charge in [0.05, 0.1) is 6.61 Å². The van der Waals surface area contributed by atoms with Gasteiger partial charge >= 0.3 is 0 Å². The van der Waals surface area contributed by atoms with Crippen molar-refractivity contribution in [2.24, 2.45) is 5.73 Å². The summed E-state index contributed by atoms with van der Waals surface area (Å²) in [5.74, 6) is 0. The number of hydrogen-bond acceptors (Lipinski definition) is 3. The first-order valence-electron chi connectivity index (χ1n) is 7.44. The molecule has 0 aromatic heterocycles. The van der Waals surface area contributed by atoms with Crippen molar-refractivity contribution in [2.75, 3.05) is 26.8 Å². The van der Waals surface area contributed by atoms with Crippen LogP contribution >= 0.6 is 0 Å². The summed E-state index contributed by atoms with van der Waals surface area (Å²) in [5, 5.41) is 0. The molecule has 2 N–H and O–H groups in total. The van der Waals surface area contributed by atoms with E-state index < -0.39 is 0 Å². The molecule has 3 nitrogen and oxygen atoms in total. The molecule has 0 aliphatic carbocycles. The molecule has 0 spiro atoms. The highest BCUT2D eigenvalue weighted by Gasteiger charge is 2.24. The van der Waals surface area contributed by atoms with Crippen LogP contribution in [0.1, 0.15) is 42.1 Å². The number of aryl methyl sites for hydroxylation is 3. The van der Waals surface area contributed by atoms with Gasteiger partial charge in [-0.05, 0) is 51.3 Å². The molecule has 1 unspecified atom stereocenters. The first-order valence-corrected chi connectivity index (χ1v) is 7.44. The van der Waals surface area contributed by atoms with Gasteiger partial charge in [-0.15, -0.1) is 0 Å². The second-order valence-electron chi connectivity index (χ2n) is 5.89. The van der Waals surface area contributed by atoms with E-state index in [-0.39, 0.29) is 6.04 Å². The molecule has 0 saturated heterocycles. The van der Waals surface area contributed by atoms with Crippen molar-refractivity contribution in [3.63, 3.8) is 0 Å². The summed E-state index contributed by atoms with van der Waals surface area (Å²) >= 11 is 0. The van der Waals surface area contributed by atoms with Crippen molar-refractivity contribution in [1.29, 1.82) is 0 Å². The van der Waals surface area contributed by atoms with Gasteiger partial charge in [0.15, 0.2) is 0 Å². The molecular formula is C17H30N2O. The third kappa shape index (κ3) is 4.05. The molecule has 3 heteroatoms. The quantitative estimate of drug-likeness (QED) is 0.833. The predicted molar refractivity (Wildman–Crippen MR) is 86.2 cm³/mol. The van der Waals surface area contributed by atoms with Crippen molar-refractivity contribution in [2.45, 2.75) is 46.7 Å². The Hall–Kier alpha value is -0.900. The van der Waals surface area contributed by atoms with E-state index >= 15 is 0 Å². The Morgan fingerprint density at radius 1 is 1.15 bits per heavy atom. The van der Waals surface area contributed by atoms with E-state index in [0.29, 0.717) is 12.6 Å². The number of benzene rings is 1. The van der Waals surface area contributed by atoms with Crippen LogP contribution in [0.25, 0.3) is 0 Å². The summed E-state index contributed by atoms with van der Waals surface area (Å²) in [4.78, 5) is 2.44. The molecule has 0 aliphatic heterocycles. The van der Waals surface area contributed by atoms with Gasteiger partial charge in [0.2, 0.25) is 0 Å². The van der Waals surface area contributed by atoms with Gasteiger partial charge in [-0.25, -0.2) is 0 Å². The van der Waals surface area contributed by atoms with Crippen LogP contribution in [-0.2, 0) is 4.74 Å². The summed E-state index contributed by atoms with van der Waals surface area (Å²) in [7, 11) is 1.75. The fourth-order valence-electron chi connectivity index (χ4n) is 3.11. The highest BCUT2D eigenvalue weighted by atomic mass is 16.5. The maximum atomic E-state index is 6.11. The third-order valence-electron chi connectivity index (χ3n) is 3.91. The fourth-order valence-corrected chi connectivity index (χ4v) is 3.11. The van der Waals surface area contributed by atoms with Crippen LogP contribution in [0.2, 0.25) is 0 Å². The number of nitrogens with two attached hydrogens (primary N) is 1. The molecule has 1 aromatic rings. The van der Waals surface area contributed by atoms with Crippen molar-refractivity contribution >= 4 is 0 Å². The molecule has 1 rings (SSSR count). The largest absolute Gasteiger partial charge is 0.383 e. The zero-order valence-corrected chi connectivity index (χ0v) is 13.9. The fraction of sp³-hybridized carbons (Fsp3) is 0.647. The minimum atomic E-state index is 0.255. The van der Waals surface area contributed by atoms with E-state index in [1.54, 1.807) is 7.11 Å². The average molecular weight is 278 g/mol. The summed E-state index contributed by atoms with van der Waals surface area (Å²) < 4.78 is 5.25. The highest BCUT2D eigenvalue weighted by molar-refractivity contribution is 5.40. The van der Waals surface area contributed by atoms with Crippen LogP contribution in [0, 0.1) is 20.8 Å². The standard InChI is InChI=1S/C17H30N2O/c1-12(2)19(7-8-20-6)16(11-18)17-14(4)9-13(3)10-15(17)5/h9-10,12,16H,7-8,11,18H2,1-6H3. The Bertz CT molecular complexity index is 406. The lowest BCUT2D eigenvalue weighted by molar-refractivity contribution is 0.0975. The lowest BCUT2D eigenvalue weighted by Crippen LogP contribution is -2.41. The predicted octanol–water partition coefficient (Wildman–Crippen LogP) is 2.97. The van der Waals surface area contributed by atoms with E-state index in [2.05, 4.69) is 51.7 Å². The third-order valence-corrected chi connectivity index (χ3v) is 3.91. The molecular weight excluding hydrogens is 248 g/mol. The monoisotopic (exact) mass is 278 g/mol. The van der Waals surface area contributed by atoms with E-state index in [4.69, 9.17) is 10.5 Å². The molecule has 0 saturated carbocycles. The number of ether oxygens (including phenoxy) is 1. The lowest BCUT2D eigenvalue weighted by atomic mass is 9.92. The van der Waals surface area contributed by atoms with Crippen molar-refractivity contribution in [3.8, 4) is 0 Å². The zero-order valence-electron chi connectivity index (χ0n) is 13.9. The normalized spacial score (nSPS) is 13.2. The minimum absolute atomic E-state index is 0.255. The Balaban J connectivity index is 3.16. The van der Waals surface area contributed by atoms with Gasteiger partial charge in [-0.1, -0.05) is 17.7 Å². The van der Waals surface area contributed by atoms with Crippen LogP contribution in [0.3, 0.4) is 0 Å². The van der Waals surface area contributed by atoms with Crippen LogP contribution in [0.5, 0.6) is 0 Å². The van der Waals surface area contributed by atoms with Gasteiger partial charge in [0.25, 0.3) is 0 Å². The molecule has 114 valence electrons. The summed E-state index contributed by atoms with van der Waals surface area (Å²) in [6.45, 7) is 13.2. The van der Waals surface area contributed by atoms with Crippen LogP contribution in [-0.4, -0.2) is 37.7 Å². The molecule has 1 atom stereocenters. The Morgan fingerprint density at radius 2 is 1.70 bits per heavy atom. The first-order chi connectivity index (χ1) is 9.42. The highest BCUT2D eigenvalue weighted by Crippen LogP contribution is 2.28. The summed E-state index contributed by atoms with van der Waals surface area (Å²) in [6, 6.07) is 5.20. The zero-order chi connectivity index (χ0) is 15.3. The van der Waals surface area contributed by atoms with Crippen molar-refractivity contribution in [1.82, 2.24) is 4.90 Å². The maximum absolute atomic E-state index is 6.11. The molecule has 0 fully saturated rings. The lowest BCUT2D eigenvalue weighted by Gasteiger charge is -2.36. The van der Waals surface area contributed by atoms with Gasteiger partial charge in [-0.3, -0.25) is 4.90 Å². The van der Waals surface area contributed by atoms with Gasteiger partial charge in [0.1, 0.15) is 0 Å². The van der Waals surface area contributed by atoms with E-state index in [0.717, 1.165) is 13.2 Å². The molecule has 20 heavy (non-hydrogen) atoms. The molecule has 0 radical (unpaired) electrons. The van der Waals surface area contributed by atoms with Crippen LogP contribution in [0.4, 0.5) is 0 Å². The van der Waals surface area contributed by atoms with Crippen LogP contribution in [0.15, 0.2) is 12.1 Å². The first kappa shape index (κ1) is 17.2. The number of hydrogen-bond donors (Lipinski definition) is 1. The molecule has 0 heterocycles. The van der Waals surface area contributed by atoms with E-state index in [1.807, 2.05) is 0 Å². The topological polar surface area (TPSA) is 38.5 Å². The smallest absolute Gasteiger partial charge is 0.0590 e. The van der Waals surface area contributed by atoms with Crippen LogP contribution < -0.4 is 5.73 Å². The Labute approximate surface area is 124 Å². The minimum Gasteiger partial charge on any atom is -0.383 e. The van der Waals surface area contributed by atoms with Crippen molar-refractivity contribution in [3.05, 3.63) is 34.4 Å². The Kier molecular flexibility index (Phi) is 6.66. The second kappa shape index (κ2) is 7.77. The van der Waals surface area contributed by atoms with Gasteiger partial charge in [-0.2, -0.15) is 0 Å². The van der Waals surface area contributed by atoms with E-state index in [1.165, 1.54) is 22.3 Å². The summed E-state index contributed by atoms with van der Waals surface area (Å²) in [6.07, 6.45) is 0. The average Bonchev–Trinajstić information content (AvgIpc) is 2.35. The number of rotatable bonds is 7. The Morgan fingerprint density at radius 3 is 2.10 bits per heavy atom. The molecule has 0 bridgehead atoms. The van der Waals surface area contributed by atoms with E-state index in [9.17, 15) is 0 Å². The molecule has 0 amide bonds. The SMILES string of the molecule is COCCN(C(C)C)C(CN)c1c(C)cc(C)cc1C. The molecule has 1 aromatic carbocycles. The number of nitrogens with zero attached hydrogens (tertiary/aromatic N) is 1. The molecule has 0 aliphatic rings. The van der Waals surface area contributed by atoms with Gasteiger partial charge in [0, 0.05) is 32.3 Å². The van der Waals surface area contributed by atoms with Crippen molar-refractivity contribution < 1.29 is 4.74 Å². The maximum Gasteiger partial charge on any atom is 0.0590 e. The van der Waals surface area contributed by atoms with Gasteiger partial charge < -0.3 is 10.5 Å². The number of methoxy groups -OCH3 is 1.